The molecule has 0 spiro atoms. The van der Waals surface area contributed by atoms with Gasteiger partial charge in [-0.25, -0.2) is 9.37 Å². The molecule has 0 aliphatic carbocycles. The number of rotatable bonds is 5. The van der Waals surface area contributed by atoms with E-state index in [1.807, 2.05) is 24.3 Å². The Labute approximate surface area is 203 Å². The third-order valence-electron chi connectivity index (χ3n) is 5.88. The largest absolute Gasteiger partial charge is 0.337 e. The van der Waals surface area contributed by atoms with Crippen molar-refractivity contribution in [3.05, 3.63) is 73.2 Å². The zero-order chi connectivity index (χ0) is 24.6. The number of nitrogens with zero attached hydrogens (tertiary/aromatic N) is 5. The molecule has 0 bridgehead atoms. The minimum absolute atomic E-state index is 0.127. The second-order valence-electron chi connectivity index (χ2n) is 8.19. The third-order valence-corrected chi connectivity index (χ3v) is 5.88. The van der Waals surface area contributed by atoms with Crippen LogP contribution in [-0.4, -0.2) is 41.0 Å². The molecule has 0 radical (unpaired) electrons. The maximum Gasteiger partial charge on any atom is 0.224 e. The maximum atomic E-state index is 15.1. The average molecular weight is 478 g/mol. The second-order valence-corrected chi connectivity index (χ2v) is 8.19. The molecule has 36 heavy (non-hydrogen) atoms. The van der Waals surface area contributed by atoms with Gasteiger partial charge in [0, 0.05) is 47.7 Å². The number of nitrogens with one attached hydrogen (secondary N) is 3. The molecule has 0 fully saturated rings. The molecular formula is C26H19FN8O. The molecule has 0 saturated carbocycles. The number of hydrogen-bond acceptors (Lipinski definition) is 6. The molecule has 6 rings (SSSR count). The molecule has 5 heterocycles. The number of fused-ring (bicyclic) bond motifs is 2. The number of aromatic amines is 2. The van der Waals surface area contributed by atoms with Crippen molar-refractivity contribution in [1.29, 1.82) is 0 Å². The highest BCUT2D eigenvalue weighted by Crippen LogP contribution is 2.34. The summed E-state index contributed by atoms with van der Waals surface area (Å²) in [5.74, 6) is -0.101. The summed E-state index contributed by atoms with van der Waals surface area (Å²) in [7, 11) is 0. The van der Waals surface area contributed by atoms with Crippen LogP contribution >= 0.6 is 0 Å². The van der Waals surface area contributed by atoms with E-state index in [9.17, 15) is 4.79 Å². The van der Waals surface area contributed by atoms with Crippen molar-refractivity contribution in [3.8, 4) is 33.9 Å². The van der Waals surface area contributed by atoms with Crippen molar-refractivity contribution in [2.45, 2.75) is 13.3 Å². The number of pyridine rings is 3. The fraction of sp³-hybridized carbons (Fsp3) is 0.0769. The SMILES string of the molecule is CCC(=O)Nc1cncc(-c2cc(F)c3n[nH]c(-c4nc5c(-c6ccncc6)nccc5[nH]4)c3c2)c1. The van der Waals surface area contributed by atoms with Crippen molar-refractivity contribution in [3.63, 3.8) is 0 Å². The van der Waals surface area contributed by atoms with Crippen LogP contribution in [0.25, 0.3) is 55.8 Å². The monoisotopic (exact) mass is 478 g/mol. The van der Waals surface area contributed by atoms with Gasteiger partial charge in [-0.15, -0.1) is 0 Å². The van der Waals surface area contributed by atoms with E-state index in [0.717, 1.165) is 11.1 Å². The van der Waals surface area contributed by atoms with Crippen LogP contribution in [0.2, 0.25) is 0 Å². The Morgan fingerprint density at radius 3 is 2.67 bits per heavy atom. The molecule has 0 aliphatic rings. The first-order valence-corrected chi connectivity index (χ1v) is 11.3. The van der Waals surface area contributed by atoms with Crippen LogP contribution in [0.3, 0.4) is 0 Å². The van der Waals surface area contributed by atoms with E-state index < -0.39 is 5.82 Å². The Balaban J connectivity index is 1.46. The molecule has 176 valence electrons. The van der Waals surface area contributed by atoms with Crippen molar-refractivity contribution in [1.82, 2.24) is 35.1 Å². The van der Waals surface area contributed by atoms with Crippen LogP contribution in [-0.2, 0) is 4.79 Å². The summed E-state index contributed by atoms with van der Waals surface area (Å²) in [6, 6.07) is 10.6. The van der Waals surface area contributed by atoms with Crippen LogP contribution in [0.4, 0.5) is 10.1 Å². The quantitative estimate of drug-likeness (QED) is 0.316. The van der Waals surface area contributed by atoms with E-state index >= 15 is 4.39 Å². The summed E-state index contributed by atoms with van der Waals surface area (Å²) in [4.78, 5) is 32.6. The Bertz CT molecular complexity index is 1740. The van der Waals surface area contributed by atoms with Gasteiger partial charge in [0.2, 0.25) is 5.91 Å². The third kappa shape index (κ3) is 3.74. The first-order valence-electron chi connectivity index (χ1n) is 11.3. The first kappa shape index (κ1) is 21.5. The fourth-order valence-electron chi connectivity index (χ4n) is 4.11. The smallest absolute Gasteiger partial charge is 0.224 e. The van der Waals surface area contributed by atoms with Gasteiger partial charge in [0.15, 0.2) is 11.6 Å². The zero-order valence-corrected chi connectivity index (χ0v) is 19.1. The van der Waals surface area contributed by atoms with Gasteiger partial charge < -0.3 is 10.3 Å². The summed E-state index contributed by atoms with van der Waals surface area (Å²) in [6.45, 7) is 1.77. The van der Waals surface area contributed by atoms with Gasteiger partial charge in [-0.1, -0.05) is 6.92 Å². The zero-order valence-electron chi connectivity index (χ0n) is 19.1. The lowest BCUT2D eigenvalue weighted by atomic mass is 10.0. The fourth-order valence-corrected chi connectivity index (χ4v) is 4.11. The molecule has 10 heteroatoms. The standard InChI is InChI=1S/C26H19FN8O/c1-2-21(36)31-17-9-16(12-29-13-17)15-10-18-23(19(27)11-15)34-35-24(18)26-32-20-5-8-30-22(25(20)33-26)14-3-6-28-7-4-14/h3-13H,2H2,1H3,(H,31,36)(H,32,33)(H,34,35). The highest BCUT2D eigenvalue weighted by Gasteiger charge is 2.18. The van der Waals surface area contributed by atoms with Crippen LogP contribution < -0.4 is 5.32 Å². The second kappa shape index (κ2) is 8.66. The van der Waals surface area contributed by atoms with Crippen LogP contribution in [0, 0.1) is 5.82 Å². The summed E-state index contributed by atoms with van der Waals surface area (Å²) in [5, 5.41) is 10.5. The van der Waals surface area contributed by atoms with E-state index in [2.05, 4.69) is 35.5 Å². The number of hydrogen-bond donors (Lipinski definition) is 3. The van der Waals surface area contributed by atoms with E-state index in [1.54, 1.807) is 44.0 Å². The maximum absolute atomic E-state index is 15.1. The highest BCUT2D eigenvalue weighted by atomic mass is 19.1. The van der Waals surface area contributed by atoms with Gasteiger partial charge >= 0.3 is 0 Å². The molecule has 0 atom stereocenters. The van der Waals surface area contributed by atoms with Gasteiger partial charge in [-0.2, -0.15) is 5.10 Å². The lowest BCUT2D eigenvalue weighted by Gasteiger charge is -2.07. The number of carbonyl (C=O) groups excluding carboxylic acids is 1. The average Bonchev–Trinajstić information content (AvgIpc) is 3.53. The van der Waals surface area contributed by atoms with E-state index in [0.29, 0.717) is 51.4 Å². The number of benzene rings is 1. The van der Waals surface area contributed by atoms with E-state index in [-0.39, 0.29) is 11.4 Å². The van der Waals surface area contributed by atoms with Crippen molar-refractivity contribution < 1.29 is 9.18 Å². The summed E-state index contributed by atoms with van der Waals surface area (Å²) in [5.41, 5.74) is 5.61. The number of amides is 1. The van der Waals surface area contributed by atoms with Gasteiger partial charge in [-0.05, 0) is 42.0 Å². The van der Waals surface area contributed by atoms with Gasteiger partial charge in [0.1, 0.15) is 16.7 Å². The van der Waals surface area contributed by atoms with Crippen molar-refractivity contribution >= 4 is 33.5 Å². The van der Waals surface area contributed by atoms with Gasteiger partial charge in [-0.3, -0.25) is 24.8 Å². The molecule has 1 amide bonds. The molecule has 6 aromatic rings. The summed E-state index contributed by atoms with van der Waals surface area (Å²) in [6.07, 6.45) is 8.63. The van der Waals surface area contributed by atoms with Crippen LogP contribution in [0.1, 0.15) is 13.3 Å². The normalized spacial score (nSPS) is 11.3. The molecule has 3 N–H and O–H groups in total. The molecule has 1 aromatic carbocycles. The number of carbonyl (C=O) groups is 1. The first-order chi connectivity index (χ1) is 17.6. The number of anilines is 1. The molecule has 0 unspecified atom stereocenters. The Morgan fingerprint density at radius 2 is 1.83 bits per heavy atom. The number of halogens is 1. The Morgan fingerprint density at radius 1 is 0.972 bits per heavy atom. The lowest BCUT2D eigenvalue weighted by molar-refractivity contribution is -0.115. The number of aromatic nitrogens is 7. The minimum atomic E-state index is -0.483. The van der Waals surface area contributed by atoms with E-state index in [4.69, 9.17) is 4.98 Å². The Kier molecular flexibility index (Phi) is 5.18. The number of H-pyrrole nitrogens is 2. The topological polar surface area (TPSA) is 125 Å². The number of imidazole rings is 1. The van der Waals surface area contributed by atoms with Crippen molar-refractivity contribution in [2.75, 3.05) is 5.32 Å². The van der Waals surface area contributed by atoms with Gasteiger partial charge in [0.25, 0.3) is 0 Å². The van der Waals surface area contributed by atoms with Gasteiger partial charge in [0.05, 0.1) is 23.1 Å². The molecule has 0 aliphatic heterocycles. The minimum Gasteiger partial charge on any atom is -0.337 e. The molecular weight excluding hydrogens is 459 g/mol. The summed E-state index contributed by atoms with van der Waals surface area (Å²) >= 11 is 0. The lowest BCUT2D eigenvalue weighted by Crippen LogP contribution is -2.09. The van der Waals surface area contributed by atoms with E-state index in [1.165, 1.54) is 6.07 Å². The highest BCUT2D eigenvalue weighted by molar-refractivity contribution is 5.98. The Hall–Kier alpha value is -4.99. The van der Waals surface area contributed by atoms with Crippen LogP contribution in [0.5, 0.6) is 0 Å². The molecule has 9 nitrogen and oxygen atoms in total. The molecule has 0 saturated heterocycles. The van der Waals surface area contributed by atoms with Crippen molar-refractivity contribution in [2.24, 2.45) is 0 Å². The summed E-state index contributed by atoms with van der Waals surface area (Å²) < 4.78 is 15.1. The van der Waals surface area contributed by atoms with Crippen LogP contribution in [0.15, 0.2) is 67.4 Å². The predicted octanol–water partition coefficient (Wildman–Crippen LogP) is 5.11. The molecule has 5 aromatic heterocycles. The predicted molar refractivity (Wildman–Crippen MR) is 134 cm³/mol.